The highest BCUT2D eigenvalue weighted by atomic mass is 32.2. The van der Waals surface area contributed by atoms with Gasteiger partial charge in [-0.25, -0.2) is 0 Å². The van der Waals surface area contributed by atoms with E-state index in [4.69, 9.17) is 4.74 Å². The summed E-state index contributed by atoms with van der Waals surface area (Å²) in [6.45, 7) is 7.21. The molecule has 0 aliphatic carbocycles. The number of carbonyl (C=O) groups is 1. The largest absolute Gasteiger partial charge is 0.486 e. The van der Waals surface area contributed by atoms with Crippen molar-refractivity contribution in [1.82, 2.24) is 14.8 Å². The molecule has 1 heterocycles. The Balaban J connectivity index is 1.55. The maximum Gasteiger partial charge on any atom is 0.234 e. The van der Waals surface area contributed by atoms with Gasteiger partial charge in [0.05, 0.1) is 5.75 Å². The second kappa shape index (κ2) is 10.1. The minimum Gasteiger partial charge on any atom is -0.486 e. The molecule has 1 amide bonds. The number of thioether (sulfide) groups is 1. The Hall–Kier alpha value is -2.80. The molecule has 3 rings (SSSR count). The second-order valence-electron chi connectivity index (χ2n) is 6.63. The Morgan fingerprint density at radius 2 is 1.79 bits per heavy atom. The maximum absolute atomic E-state index is 12.2. The SMILES string of the molecule is CCc1ccc(OCc2nnc(SCC(=O)Nc3ccc(C)cc3)n2CC)cc1. The van der Waals surface area contributed by atoms with Crippen LogP contribution in [0.1, 0.15) is 30.8 Å². The number of benzene rings is 2. The van der Waals surface area contributed by atoms with E-state index in [1.165, 1.54) is 17.3 Å². The van der Waals surface area contributed by atoms with Crippen LogP contribution in [0.4, 0.5) is 5.69 Å². The highest BCUT2D eigenvalue weighted by Gasteiger charge is 2.14. The van der Waals surface area contributed by atoms with Gasteiger partial charge in [-0.3, -0.25) is 4.79 Å². The summed E-state index contributed by atoms with van der Waals surface area (Å²) in [5, 5.41) is 12.1. The molecule has 3 aromatic rings. The molecule has 0 fully saturated rings. The van der Waals surface area contributed by atoms with E-state index in [0.29, 0.717) is 18.3 Å². The Kier molecular flexibility index (Phi) is 7.30. The Labute approximate surface area is 175 Å². The van der Waals surface area contributed by atoms with Gasteiger partial charge in [-0.1, -0.05) is 48.5 Å². The van der Waals surface area contributed by atoms with Gasteiger partial charge in [0.15, 0.2) is 11.0 Å². The molecule has 0 saturated carbocycles. The first kappa shape index (κ1) is 20.9. The summed E-state index contributed by atoms with van der Waals surface area (Å²) in [7, 11) is 0. The molecule has 0 bridgehead atoms. The molecule has 6 nitrogen and oxygen atoms in total. The molecule has 29 heavy (non-hydrogen) atoms. The average Bonchev–Trinajstić information content (AvgIpc) is 3.14. The minimum atomic E-state index is -0.0710. The van der Waals surface area contributed by atoms with Gasteiger partial charge in [0.2, 0.25) is 5.91 Å². The quantitative estimate of drug-likeness (QED) is 0.527. The number of hydrogen-bond donors (Lipinski definition) is 1. The highest BCUT2D eigenvalue weighted by Crippen LogP contribution is 2.20. The molecular formula is C22H26N4O2S. The lowest BCUT2D eigenvalue weighted by atomic mass is 10.2. The van der Waals surface area contributed by atoms with Gasteiger partial charge in [0, 0.05) is 12.2 Å². The summed E-state index contributed by atoms with van der Waals surface area (Å²) in [6, 6.07) is 15.8. The summed E-state index contributed by atoms with van der Waals surface area (Å²) < 4.78 is 7.83. The third-order valence-electron chi connectivity index (χ3n) is 4.48. The molecule has 7 heteroatoms. The van der Waals surface area contributed by atoms with Crippen LogP contribution < -0.4 is 10.1 Å². The van der Waals surface area contributed by atoms with Crippen molar-refractivity contribution >= 4 is 23.4 Å². The topological polar surface area (TPSA) is 69.0 Å². The predicted octanol–water partition coefficient (Wildman–Crippen LogP) is 4.48. The minimum absolute atomic E-state index is 0.0710. The Morgan fingerprint density at radius 3 is 2.45 bits per heavy atom. The van der Waals surface area contributed by atoms with E-state index >= 15 is 0 Å². The van der Waals surface area contributed by atoms with E-state index in [0.717, 1.165) is 29.2 Å². The number of ether oxygens (including phenoxy) is 1. The van der Waals surface area contributed by atoms with Crippen molar-refractivity contribution in [3.63, 3.8) is 0 Å². The molecule has 0 aliphatic rings. The summed E-state index contributed by atoms with van der Waals surface area (Å²) in [5.74, 6) is 1.75. The normalized spacial score (nSPS) is 10.7. The lowest BCUT2D eigenvalue weighted by Gasteiger charge is -2.09. The zero-order chi connectivity index (χ0) is 20.6. The molecule has 0 spiro atoms. The van der Waals surface area contributed by atoms with Gasteiger partial charge in [-0.2, -0.15) is 0 Å². The van der Waals surface area contributed by atoms with Crippen molar-refractivity contribution in [2.75, 3.05) is 11.1 Å². The molecule has 2 aromatic carbocycles. The maximum atomic E-state index is 12.2. The molecule has 0 aliphatic heterocycles. The molecule has 0 saturated heterocycles. The highest BCUT2D eigenvalue weighted by molar-refractivity contribution is 7.99. The van der Waals surface area contributed by atoms with E-state index < -0.39 is 0 Å². The number of anilines is 1. The Morgan fingerprint density at radius 1 is 1.07 bits per heavy atom. The molecule has 0 radical (unpaired) electrons. The monoisotopic (exact) mass is 410 g/mol. The van der Waals surface area contributed by atoms with Gasteiger partial charge in [0.1, 0.15) is 12.4 Å². The summed E-state index contributed by atoms with van der Waals surface area (Å²) in [4.78, 5) is 12.2. The van der Waals surface area contributed by atoms with Crippen LogP contribution in [0.25, 0.3) is 0 Å². The van der Waals surface area contributed by atoms with E-state index in [2.05, 4.69) is 34.6 Å². The summed E-state index contributed by atoms with van der Waals surface area (Å²) in [5.41, 5.74) is 3.22. The third-order valence-corrected chi connectivity index (χ3v) is 5.44. The zero-order valence-electron chi connectivity index (χ0n) is 17.0. The van der Waals surface area contributed by atoms with Crippen molar-refractivity contribution in [2.45, 2.75) is 45.5 Å². The molecule has 152 valence electrons. The molecule has 1 N–H and O–H groups in total. The first-order valence-electron chi connectivity index (χ1n) is 9.72. The fourth-order valence-electron chi connectivity index (χ4n) is 2.78. The van der Waals surface area contributed by atoms with Crippen molar-refractivity contribution in [1.29, 1.82) is 0 Å². The predicted molar refractivity (Wildman–Crippen MR) is 116 cm³/mol. The smallest absolute Gasteiger partial charge is 0.234 e. The van der Waals surface area contributed by atoms with Crippen molar-refractivity contribution in [2.24, 2.45) is 0 Å². The first-order valence-corrected chi connectivity index (χ1v) is 10.7. The van der Waals surface area contributed by atoms with Crippen LogP contribution in [0.5, 0.6) is 5.75 Å². The number of carbonyl (C=O) groups excluding carboxylic acids is 1. The first-order chi connectivity index (χ1) is 14.1. The van der Waals surface area contributed by atoms with Crippen molar-refractivity contribution in [3.8, 4) is 5.75 Å². The van der Waals surface area contributed by atoms with E-state index in [1.54, 1.807) is 0 Å². The molecule has 0 unspecified atom stereocenters. The van der Waals surface area contributed by atoms with Crippen LogP contribution in [0, 0.1) is 6.92 Å². The van der Waals surface area contributed by atoms with Crippen LogP contribution in [0.2, 0.25) is 0 Å². The molecular weight excluding hydrogens is 384 g/mol. The Bertz CT molecular complexity index is 936. The number of rotatable bonds is 9. The fourth-order valence-corrected chi connectivity index (χ4v) is 3.60. The number of aryl methyl sites for hydroxylation is 2. The second-order valence-corrected chi connectivity index (χ2v) is 7.57. The van der Waals surface area contributed by atoms with Gasteiger partial charge in [-0.05, 0) is 50.1 Å². The van der Waals surface area contributed by atoms with Crippen LogP contribution in [0.3, 0.4) is 0 Å². The summed E-state index contributed by atoms with van der Waals surface area (Å²) in [6.07, 6.45) is 1.00. The molecule has 0 atom stereocenters. The van der Waals surface area contributed by atoms with Crippen LogP contribution in [-0.2, 0) is 24.4 Å². The standard InChI is InChI=1S/C22H26N4O2S/c1-4-17-8-12-19(13-9-17)28-14-20-24-25-22(26(20)5-2)29-15-21(27)23-18-10-6-16(3)7-11-18/h6-13H,4-5,14-15H2,1-3H3,(H,23,27). The lowest BCUT2D eigenvalue weighted by molar-refractivity contribution is -0.113. The van der Waals surface area contributed by atoms with E-state index in [1.807, 2.05) is 54.8 Å². The van der Waals surface area contributed by atoms with Crippen molar-refractivity contribution in [3.05, 3.63) is 65.5 Å². The van der Waals surface area contributed by atoms with Crippen LogP contribution in [-0.4, -0.2) is 26.4 Å². The fraction of sp³-hybridized carbons (Fsp3) is 0.318. The van der Waals surface area contributed by atoms with Crippen molar-refractivity contribution < 1.29 is 9.53 Å². The van der Waals surface area contributed by atoms with Crippen LogP contribution in [0.15, 0.2) is 53.7 Å². The van der Waals surface area contributed by atoms with Gasteiger partial charge < -0.3 is 14.6 Å². The average molecular weight is 411 g/mol. The third kappa shape index (κ3) is 5.84. The van der Waals surface area contributed by atoms with E-state index in [-0.39, 0.29) is 11.7 Å². The zero-order valence-corrected chi connectivity index (χ0v) is 17.8. The van der Waals surface area contributed by atoms with E-state index in [9.17, 15) is 4.79 Å². The number of nitrogens with zero attached hydrogens (tertiary/aromatic N) is 3. The lowest BCUT2D eigenvalue weighted by Crippen LogP contribution is -2.15. The van der Waals surface area contributed by atoms with Gasteiger partial charge >= 0.3 is 0 Å². The number of hydrogen-bond acceptors (Lipinski definition) is 5. The summed E-state index contributed by atoms with van der Waals surface area (Å²) >= 11 is 1.37. The van der Waals surface area contributed by atoms with Gasteiger partial charge in [-0.15, -0.1) is 10.2 Å². The number of aromatic nitrogens is 3. The molecule has 1 aromatic heterocycles. The van der Waals surface area contributed by atoms with Crippen LogP contribution >= 0.6 is 11.8 Å². The number of amides is 1. The van der Waals surface area contributed by atoms with Gasteiger partial charge in [0.25, 0.3) is 0 Å². The number of nitrogens with one attached hydrogen (secondary N) is 1.